The normalized spacial score (nSPS) is 15.0. The summed E-state index contributed by atoms with van der Waals surface area (Å²) in [6, 6.07) is 16.8. The number of para-hydroxylation sites is 1. The predicted molar refractivity (Wildman–Crippen MR) is 164 cm³/mol. The van der Waals surface area contributed by atoms with Gasteiger partial charge in [0.05, 0.1) is 6.61 Å². The number of nitrogens with one attached hydrogen (secondary N) is 4. The number of anilines is 2. The summed E-state index contributed by atoms with van der Waals surface area (Å²) in [5.41, 5.74) is 8.60. The highest BCUT2D eigenvalue weighted by molar-refractivity contribution is 6.12. The molecule has 206 valence electrons. The average molecular weight is 546 g/mol. The molecule has 8 heteroatoms. The number of aliphatic hydroxyl groups is 1. The van der Waals surface area contributed by atoms with E-state index in [1.807, 2.05) is 50.4 Å². The second-order valence-corrected chi connectivity index (χ2v) is 10.7. The van der Waals surface area contributed by atoms with E-state index in [0.29, 0.717) is 34.6 Å². The number of benzene rings is 3. The van der Waals surface area contributed by atoms with Crippen molar-refractivity contribution in [3.63, 3.8) is 0 Å². The van der Waals surface area contributed by atoms with Crippen molar-refractivity contribution in [2.24, 2.45) is 0 Å². The van der Waals surface area contributed by atoms with Crippen LogP contribution >= 0.6 is 0 Å². The highest BCUT2D eigenvalue weighted by atomic mass is 16.3. The van der Waals surface area contributed by atoms with Gasteiger partial charge in [-0.15, -0.1) is 0 Å². The van der Waals surface area contributed by atoms with Gasteiger partial charge in [0, 0.05) is 63.6 Å². The van der Waals surface area contributed by atoms with E-state index in [2.05, 4.69) is 15.3 Å². The zero-order chi connectivity index (χ0) is 28.8. The summed E-state index contributed by atoms with van der Waals surface area (Å²) in [6.07, 6.45) is 4.94. The predicted octanol–water partition coefficient (Wildman–Crippen LogP) is 6.04. The van der Waals surface area contributed by atoms with E-state index in [-0.39, 0.29) is 24.3 Å². The molecule has 1 aliphatic heterocycles. The largest absolute Gasteiger partial charge is 0.396 e. The number of amides is 2. The van der Waals surface area contributed by atoms with Crippen LogP contribution in [0.2, 0.25) is 0 Å². The molecule has 0 saturated carbocycles. The van der Waals surface area contributed by atoms with Gasteiger partial charge in [-0.25, -0.2) is 0 Å². The van der Waals surface area contributed by atoms with Crippen LogP contribution in [0.3, 0.4) is 0 Å². The number of nitrogens with zero attached hydrogens (tertiary/aromatic N) is 1. The van der Waals surface area contributed by atoms with Gasteiger partial charge >= 0.3 is 0 Å². The van der Waals surface area contributed by atoms with Crippen molar-refractivity contribution in [3.8, 4) is 0 Å². The first-order valence-corrected chi connectivity index (χ1v) is 13.5. The van der Waals surface area contributed by atoms with Crippen molar-refractivity contribution in [3.05, 3.63) is 99.9 Å². The lowest BCUT2D eigenvalue weighted by Crippen LogP contribution is -2.31. The average Bonchev–Trinajstić information content (AvgIpc) is 3.68. The first-order valence-electron chi connectivity index (χ1n) is 13.5. The maximum atomic E-state index is 13.8. The quantitative estimate of drug-likeness (QED) is 0.132. The molecular weight excluding hydrogens is 514 g/mol. The zero-order valence-corrected chi connectivity index (χ0v) is 23.1. The van der Waals surface area contributed by atoms with E-state index < -0.39 is 0 Å². The van der Waals surface area contributed by atoms with Crippen molar-refractivity contribution < 1.29 is 14.7 Å². The van der Waals surface area contributed by atoms with Crippen LogP contribution in [-0.2, 0) is 4.79 Å². The molecule has 3 aromatic carbocycles. The molecule has 8 nitrogen and oxygen atoms in total. The summed E-state index contributed by atoms with van der Waals surface area (Å²) in [5.74, 6) is -0.630. The first kappa shape index (κ1) is 26.3. The topological polar surface area (TPSA) is 125 Å². The van der Waals surface area contributed by atoms with Crippen LogP contribution in [-0.4, -0.2) is 46.3 Å². The van der Waals surface area contributed by atoms with E-state index >= 15 is 0 Å². The molecule has 6 rings (SSSR count). The molecule has 0 aliphatic carbocycles. The van der Waals surface area contributed by atoms with Crippen LogP contribution in [0, 0.1) is 19.3 Å². The van der Waals surface area contributed by atoms with E-state index in [0.717, 1.165) is 44.2 Å². The number of rotatable bonds is 6. The number of fused-ring (bicyclic) bond motifs is 4. The number of hydrogen-bond donors (Lipinski definition) is 5. The number of hydrogen-bond acceptors (Lipinski definition) is 4. The summed E-state index contributed by atoms with van der Waals surface area (Å²) in [4.78, 5) is 35.0. The van der Waals surface area contributed by atoms with Gasteiger partial charge < -0.3 is 30.7 Å². The van der Waals surface area contributed by atoms with Crippen LogP contribution in [0.5, 0.6) is 0 Å². The zero-order valence-electron chi connectivity index (χ0n) is 23.1. The van der Waals surface area contributed by atoms with Gasteiger partial charge in [0.1, 0.15) is 5.69 Å². The summed E-state index contributed by atoms with van der Waals surface area (Å²) in [6.45, 7) is 6.13. The molecule has 0 saturated heterocycles. The molecular formula is C33H31N5O3. The van der Waals surface area contributed by atoms with Gasteiger partial charge in [0.15, 0.2) is 0 Å². The highest BCUT2D eigenvalue weighted by Crippen LogP contribution is 2.44. The van der Waals surface area contributed by atoms with Crippen molar-refractivity contribution >= 4 is 57.3 Å². The Hall–Kier alpha value is -4.95. The smallest absolute Gasteiger partial charge is 0.272 e. The fourth-order valence-electron chi connectivity index (χ4n) is 5.86. The fourth-order valence-corrected chi connectivity index (χ4v) is 5.86. The molecule has 0 fully saturated rings. The standard InChI is InChI=1S/C33H31N5O3/c1-18-11-28-30(29-20(3)15-35-31(18)29)24(17-39)16-38(28)33(41)19(2)10-23-12-25(9-8-22(23)14-34)36-32(40)27-13-21-6-4-5-7-26(21)37-27/h4-15,24,34-35,37,39H,16-17H2,1-3H3,(H,36,40). The number of aromatic nitrogens is 2. The minimum absolute atomic E-state index is 0.0572. The first-order chi connectivity index (χ1) is 19.8. The van der Waals surface area contributed by atoms with E-state index in [4.69, 9.17) is 5.41 Å². The third-order valence-corrected chi connectivity index (χ3v) is 7.92. The van der Waals surface area contributed by atoms with Gasteiger partial charge in [0.25, 0.3) is 11.8 Å². The molecule has 2 amide bonds. The molecule has 2 aromatic heterocycles. The van der Waals surface area contributed by atoms with Crippen LogP contribution in [0.1, 0.15) is 51.1 Å². The lowest BCUT2D eigenvalue weighted by molar-refractivity contribution is -0.115. The van der Waals surface area contributed by atoms with Gasteiger partial charge in [-0.1, -0.05) is 24.3 Å². The van der Waals surface area contributed by atoms with E-state index in [1.165, 1.54) is 6.21 Å². The van der Waals surface area contributed by atoms with Gasteiger partial charge in [-0.05, 0) is 85.0 Å². The van der Waals surface area contributed by atoms with Crippen LogP contribution < -0.4 is 10.2 Å². The minimum Gasteiger partial charge on any atom is -0.396 e. The Morgan fingerprint density at radius 2 is 1.90 bits per heavy atom. The second kappa shape index (κ2) is 10.2. The highest BCUT2D eigenvalue weighted by Gasteiger charge is 2.35. The van der Waals surface area contributed by atoms with E-state index in [9.17, 15) is 14.7 Å². The molecule has 1 atom stereocenters. The molecule has 0 bridgehead atoms. The van der Waals surface area contributed by atoms with Crippen molar-refractivity contribution in [2.75, 3.05) is 23.4 Å². The third-order valence-electron chi connectivity index (χ3n) is 7.92. The van der Waals surface area contributed by atoms with E-state index in [1.54, 1.807) is 42.2 Å². The van der Waals surface area contributed by atoms with Crippen LogP contribution in [0.15, 0.2) is 66.4 Å². The molecule has 5 N–H and O–H groups in total. The van der Waals surface area contributed by atoms with Crippen LogP contribution in [0.4, 0.5) is 11.4 Å². The van der Waals surface area contributed by atoms with Gasteiger partial charge in [0.2, 0.25) is 0 Å². The van der Waals surface area contributed by atoms with Crippen molar-refractivity contribution in [1.82, 2.24) is 9.97 Å². The Morgan fingerprint density at radius 1 is 1.10 bits per heavy atom. The minimum atomic E-state index is -0.281. The summed E-state index contributed by atoms with van der Waals surface area (Å²) in [7, 11) is 0. The molecule has 41 heavy (non-hydrogen) atoms. The third kappa shape index (κ3) is 4.52. The number of H-pyrrole nitrogens is 2. The van der Waals surface area contributed by atoms with Crippen molar-refractivity contribution in [2.45, 2.75) is 26.7 Å². The second-order valence-electron chi connectivity index (χ2n) is 10.7. The molecule has 0 radical (unpaired) electrons. The Balaban J connectivity index is 1.30. The number of aryl methyl sites for hydroxylation is 2. The molecule has 5 aromatic rings. The molecule has 3 heterocycles. The monoisotopic (exact) mass is 545 g/mol. The summed E-state index contributed by atoms with van der Waals surface area (Å²) >= 11 is 0. The lowest BCUT2D eigenvalue weighted by atomic mass is 9.94. The number of carbonyl (C=O) groups excluding carboxylic acids is 2. The van der Waals surface area contributed by atoms with Gasteiger partial charge in [-0.3, -0.25) is 9.59 Å². The SMILES string of the molecule is CC(=Cc1cc(NC(=O)c2cc3ccccc3[nH]2)ccc1C=N)C(=O)N1CC(CO)c2c1cc(C)c1[nH]cc(C)c21. The molecule has 1 unspecified atom stereocenters. The van der Waals surface area contributed by atoms with Gasteiger partial charge in [-0.2, -0.15) is 0 Å². The Morgan fingerprint density at radius 3 is 2.66 bits per heavy atom. The molecule has 1 aliphatic rings. The number of aromatic amines is 2. The fraction of sp³-hybridized carbons (Fsp3) is 0.182. The lowest BCUT2D eigenvalue weighted by Gasteiger charge is -2.19. The van der Waals surface area contributed by atoms with Crippen LogP contribution in [0.25, 0.3) is 27.9 Å². The maximum Gasteiger partial charge on any atom is 0.272 e. The Labute approximate surface area is 237 Å². The Kier molecular flexibility index (Phi) is 6.55. The Bertz CT molecular complexity index is 1860. The molecule has 0 spiro atoms. The summed E-state index contributed by atoms with van der Waals surface area (Å²) < 4.78 is 0. The summed E-state index contributed by atoms with van der Waals surface area (Å²) in [5, 5.41) is 23.0. The number of aliphatic hydroxyl groups excluding tert-OH is 1. The van der Waals surface area contributed by atoms with Crippen molar-refractivity contribution in [1.29, 1.82) is 5.41 Å². The maximum absolute atomic E-state index is 13.8. The number of carbonyl (C=O) groups is 2.